The molecule has 3 amide bonds. The first kappa shape index (κ1) is 23.5. The summed E-state index contributed by atoms with van der Waals surface area (Å²) in [5.74, 6) is -0.239. The molecule has 32 heavy (non-hydrogen) atoms. The van der Waals surface area contributed by atoms with E-state index in [1.165, 1.54) is 6.07 Å². The summed E-state index contributed by atoms with van der Waals surface area (Å²) in [6.45, 7) is 1.73. The van der Waals surface area contributed by atoms with Crippen LogP contribution in [0.25, 0.3) is 0 Å². The van der Waals surface area contributed by atoms with E-state index in [4.69, 9.17) is 4.74 Å². The van der Waals surface area contributed by atoms with Crippen molar-refractivity contribution < 1.29 is 23.1 Å². The van der Waals surface area contributed by atoms with Crippen molar-refractivity contribution in [1.82, 2.24) is 10.2 Å². The summed E-state index contributed by atoms with van der Waals surface area (Å²) in [4.78, 5) is 26.1. The minimum absolute atomic E-state index is 0.0268. The molecule has 0 aliphatic carbocycles. The molecule has 6 nitrogen and oxygen atoms in total. The number of hydrogen-bond acceptors (Lipinski definition) is 3. The SMILES string of the molecule is COc1ccc(CCC(=O)NCCC2CCN(C(=O)Nc3ccc(F)cc3F)CC2)cc1. The smallest absolute Gasteiger partial charge is 0.321 e. The Kier molecular flexibility index (Phi) is 8.41. The Bertz CT molecular complexity index is 913. The number of hydrogen-bond donors (Lipinski definition) is 2. The minimum Gasteiger partial charge on any atom is -0.497 e. The normalized spacial score (nSPS) is 14.2. The molecule has 3 rings (SSSR count). The number of piperidine rings is 1. The van der Waals surface area contributed by atoms with Gasteiger partial charge in [-0.3, -0.25) is 4.79 Å². The highest BCUT2D eigenvalue weighted by Crippen LogP contribution is 2.22. The maximum Gasteiger partial charge on any atom is 0.321 e. The van der Waals surface area contributed by atoms with Gasteiger partial charge in [-0.2, -0.15) is 0 Å². The summed E-state index contributed by atoms with van der Waals surface area (Å²) in [6.07, 6.45) is 3.61. The number of likely N-dealkylation sites (tertiary alicyclic amines) is 1. The molecule has 0 saturated carbocycles. The molecule has 1 aliphatic rings. The monoisotopic (exact) mass is 445 g/mol. The number of nitrogens with one attached hydrogen (secondary N) is 2. The van der Waals surface area contributed by atoms with Crippen molar-refractivity contribution in [2.45, 2.75) is 32.1 Å². The number of amides is 3. The Morgan fingerprint density at radius 3 is 2.47 bits per heavy atom. The van der Waals surface area contributed by atoms with Gasteiger partial charge in [-0.15, -0.1) is 0 Å². The first-order valence-electron chi connectivity index (χ1n) is 10.8. The van der Waals surface area contributed by atoms with Crippen molar-refractivity contribution in [2.75, 3.05) is 32.1 Å². The number of carbonyl (C=O) groups excluding carboxylic acids is 2. The molecule has 8 heteroatoms. The average molecular weight is 446 g/mol. The van der Waals surface area contributed by atoms with Crippen molar-refractivity contribution in [3.63, 3.8) is 0 Å². The Morgan fingerprint density at radius 1 is 1.09 bits per heavy atom. The van der Waals surface area contributed by atoms with Gasteiger partial charge >= 0.3 is 6.03 Å². The summed E-state index contributed by atoms with van der Waals surface area (Å²) >= 11 is 0. The zero-order valence-corrected chi connectivity index (χ0v) is 18.2. The second kappa shape index (κ2) is 11.5. The molecule has 2 aromatic rings. The molecule has 0 spiro atoms. The number of rotatable bonds is 8. The number of methoxy groups -OCH3 is 1. The predicted octanol–water partition coefficient (Wildman–Crippen LogP) is 4.36. The number of carbonyl (C=O) groups is 2. The van der Waals surface area contributed by atoms with Crippen LogP contribution in [0.1, 0.15) is 31.2 Å². The lowest BCUT2D eigenvalue weighted by Crippen LogP contribution is -2.41. The highest BCUT2D eigenvalue weighted by atomic mass is 19.1. The van der Waals surface area contributed by atoms with Gasteiger partial charge in [0.05, 0.1) is 12.8 Å². The minimum atomic E-state index is -0.795. The van der Waals surface area contributed by atoms with E-state index in [2.05, 4.69) is 10.6 Å². The zero-order chi connectivity index (χ0) is 22.9. The summed E-state index contributed by atoms with van der Waals surface area (Å²) < 4.78 is 31.8. The topological polar surface area (TPSA) is 70.7 Å². The van der Waals surface area contributed by atoms with Crippen molar-refractivity contribution >= 4 is 17.6 Å². The van der Waals surface area contributed by atoms with E-state index in [1.54, 1.807) is 12.0 Å². The molecule has 1 aliphatic heterocycles. The highest BCUT2D eigenvalue weighted by molar-refractivity contribution is 5.89. The van der Waals surface area contributed by atoms with Crippen LogP contribution in [0, 0.1) is 17.6 Å². The van der Waals surface area contributed by atoms with Crippen LogP contribution >= 0.6 is 0 Å². The van der Waals surface area contributed by atoms with E-state index in [0.717, 1.165) is 42.7 Å². The fraction of sp³-hybridized carbons (Fsp3) is 0.417. The van der Waals surface area contributed by atoms with E-state index < -0.39 is 11.6 Å². The largest absolute Gasteiger partial charge is 0.497 e. The molecule has 1 heterocycles. The van der Waals surface area contributed by atoms with Crippen LogP contribution in [0.5, 0.6) is 5.75 Å². The van der Waals surface area contributed by atoms with Crippen LogP contribution in [0.3, 0.4) is 0 Å². The van der Waals surface area contributed by atoms with Gasteiger partial charge in [-0.25, -0.2) is 13.6 Å². The van der Waals surface area contributed by atoms with Gasteiger partial charge in [0.15, 0.2) is 0 Å². The molecular weight excluding hydrogens is 416 g/mol. The van der Waals surface area contributed by atoms with E-state index >= 15 is 0 Å². The Labute approximate surface area is 186 Å². The van der Waals surface area contributed by atoms with Crippen LogP contribution in [-0.2, 0) is 11.2 Å². The summed E-state index contributed by atoms with van der Waals surface area (Å²) in [5.41, 5.74) is 1.06. The van der Waals surface area contributed by atoms with E-state index in [9.17, 15) is 18.4 Å². The first-order chi connectivity index (χ1) is 15.4. The fourth-order valence-electron chi connectivity index (χ4n) is 3.76. The second-order valence-corrected chi connectivity index (χ2v) is 7.97. The van der Waals surface area contributed by atoms with Gasteiger partial charge < -0.3 is 20.3 Å². The molecule has 172 valence electrons. The van der Waals surface area contributed by atoms with Gasteiger partial charge in [-0.1, -0.05) is 12.1 Å². The lowest BCUT2D eigenvalue weighted by Gasteiger charge is -2.32. The van der Waals surface area contributed by atoms with Gasteiger partial charge in [-0.05, 0) is 61.4 Å². The van der Waals surface area contributed by atoms with Gasteiger partial charge in [0.2, 0.25) is 5.91 Å². The van der Waals surface area contributed by atoms with Crippen molar-refractivity contribution in [3.05, 3.63) is 59.7 Å². The molecule has 0 bridgehead atoms. The number of ether oxygens (including phenoxy) is 1. The zero-order valence-electron chi connectivity index (χ0n) is 18.2. The summed E-state index contributed by atoms with van der Waals surface area (Å²) in [7, 11) is 1.62. The number of urea groups is 1. The molecule has 1 fully saturated rings. The summed E-state index contributed by atoms with van der Waals surface area (Å²) in [5, 5.41) is 5.47. The fourth-order valence-corrected chi connectivity index (χ4v) is 3.76. The van der Waals surface area contributed by atoms with Crippen LogP contribution < -0.4 is 15.4 Å². The standard InChI is InChI=1S/C24H29F2N3O3/c1-32-20-6-2-17(3-7-20)4-9-23(30)27-13-10-18-11-14-29(15-12-18)24(31)28-22-8-5-19(25)16-21(22)26/h2-3,5-8,16,18H,4,9-15H2,1H3,(H,27,30)(H,28,31). The predicted molar refractivity (Wildman–Crippen MR) is 119 cm³/mol. The quantitative estimate of drug-likeness (QED) is 0.635. The highest BCUT2D eigenvalue weighted by Gasteiger charge is 2.23. The van der Waals surface area contributed by atoms with Crippen LogP contribution in [0.15, 0.2) is 42.5 Å². The molecule has 2 N–H and O–H groups in total. The third kappa shape index (κ3) is 6.93. The number of halogens is 2. The molecule has 0 atom stereocenters. The molecule has 1 saturated heterocycles. The van der Waals surface area contributed by atoms with Crippen LogP contribution in [-0.4, -0.2) is 43.6 Å². The molecule has 0 unspecified atom stereocenters. The molecule has 0 radical (unpaired) electrons. The van der Waals surface area contributed by atoms with Crippen molar-refractivity contribution in [1.29, 1.82) is 0 Å². The number of nitrogens with zero attached hydrogens (tertiary/aromatic N) is 1. The number of benzene rings is 2. The maximum absolute atomic E-state index is 13.7. The van der Waals surface area contributed by atoms with E-state index in [0.29, 0.717) is 38.4 Å². The molecular formula is C24H29F2N3O3. The van der Waals surface area contributed by atoms with E-state index in [1.807, 2.05) is 24.3 Å². The average Bonchev–Trinajstić information content (AvgIpc) is 2.80. The number of aryl methyl sites for hydroxylation is 1. The molecule has 2 aromatic carbocycles. The third-order valence-electron chi connectivity index (χ3n) is 5.75. The van der Waals surface area contributed by atoms with Gasteiger partial charge in [0.25, 0.3) is 0 Å². The van der Waals surface area contributed by atoms with Gasteiger partial charge in [0.1, 0.15) is 17.4 Å². The second-order valence-electron chi connectivity index (χ2n) is 7.97. The Hall–Kier alpha value is -3.16. The lowest BCUT2D eigenvalue weighted by atomic mass is 9.93. The van der Waals surface area contributed by atoms with E-state index in [-0.39, 0.29) is 17.6 Å². The number of anilines is 1. The Balaban J connectivity index is 1.31. The van der Waals surface area contributed by atoms with Crippen LogP contribution in [0.2, 0.25) is 0 Å². The maximum atomic E-state index is 13.7. The third-order valence-corrected chi connectivity index (χ3v) is 5.75. The van der Waals surface area contributed by atoms with Crippen molar-refractivity contribution in [3.8, 4) is 5.75 Å². The van der Waals surface area contributed by atoms with Crippen LogP contribution in [0.4, 0.5) is 19.3 Å². The van der Waals surface area contributed by atoms with Gasteiger partial charge in [0, 0.05) is 32.1 Å². The molecule has 0 aromatic heterocycles. The van der Waals surface area contributed by atoms with Crippen molar-refractivity contribution in [2.24, 2.45) is 5.92 Å². The summed E-state index contributed by atoms with van der Waals surface area (Å²) in [6, 6.07) is 10.4. The first-order valence-corrected chi connectivity index (χ1v) is 10.8. The Morgan fingerprint density at radius 2 is 1.81 bits per heavy atom. The lowest BCUT2D eigenvalue weighted by molar-refractivity contribution is -0.121.